The van der Waals surface area contributed by atoms with E-state index in [0.29, 0.717) is 12.2 Å². The minimum absolute atomic E-state index is 0.0114. The molecule has 3 heterocycles. The fourth-order valence-corrected chi connectivity index (χ4v) is 3.14. The lowest BCUT2D eigenvalue weighted by atomic mass is 10.1. The monoisotopic (exact) mass is 380 g/mol. The van der Waals surface area contributed by atoms with Crippen LogP contribution in [0.5, 0.6) is 0 Å². The molecule has 0 radical (unpaired) electrons. The molecule has 1 aromatic carbocycles. The van der Waals surface area contributed by atoms with Crippen molar-refractivity contribution in [2.24, 2.45) is 13.0 Å². The largest absolute Gasteiger partial charge is 0.401 e. The Morgan fingerprint density at radius 1 is 1.21 bits per heavy atom. The highest BCUT2D eigenvalue weighted by Crippen LogP contribution is 2.27. The smallest absolute Gasteiger partial charge is 0.322 e. The Morgan fingerprint density at radius 2 is 2.04 bits per heavy atom. The molecule has 2 aromatic heterocycles. The maximum absolute atomic E-state index is 12.6. The molecule has 1 unspecified atom stereocenters. The first kappa shape index (κ1) is 17.9. The van der Waals surface area contributed by atoms with E-state index < -0.39 is 5.92 Å². The third-order valence-electron chi connectivity index (χ3n) is 4.89. The van der Waals surface area contributed by atoms with E-state index in [9.17, 15) is 9.59 Å². The van der Waals surface area contributed by atoms with Gasteiger partial charge >= 0.3 is 6.01 Å². The van der Waals surface area contributed by atoms with E-state index in [1.165, 1.54) is 0 Å². The number of amides is 2. The van der Waals surface area contributed by atoms with E-state index in [4.69, 9.17) is 4.42 Å². The number of aryl methyl sites for hydroxylation is 3. The molecule has 0 spiro atoms. The van der Waals surface area contributed by atoms with Crippen LogP contribution in [0.25, 0.3) is 11.6 Å². The van der Waals surface area contributed by atoms with Crippen molar-refractivity contribution in [1.29, 1.82) is 0 Å². The summed E-state index contributed by atoms with van der Waals surface area (Å²) >= 11 is 0. The zero-order chi connectivity index (χ0) is 19.8. The molecule has 144 valence electrons. The lowest BCUT2D eigenvalue weighted by Gasteiger charge is -2.17. The summed E-state index contributed by atoms with van der Waals surface area (Å²) in [6, 6.07) is 7.56. The molecule has 9 heteroatoms. The Balaban J connectivity index is 1.44. The second-order valence-electron chi connectivity index (χ2n) is 6.95. The molecule has 0 bridgehead atoms. The van der Waals surface area contributed by atoms with Crippen molar-refractivity contribution < 1.29 is 14.0 Å². The zero-order valence-corrected chi connectivity index (χ0v) is 15.8. The van der Waals surface area contributed by atoms with Gasteiger partial charge in [0, 0.05) is 31.9 Å². The van der Waals surface area contributed by atoms with Crippen LogP contribution in [0.4, 0.5) is 11.7 Å². The SMILES string of the molecule is Cc1ccc(N2CC(C(=O)Nc3nnc(-c4ccn(C)n4)o3)CC2=O)cc1C. The zero-order valence-electron chi connectivity index (χ0n) is 15.8. The molecule has 1 atom stereocenters. The van der Waals surface area contributed by atoms with Crippen LogP contribution in [0.2, 0.25) is 0 Å². The van der Waals surface area contributed by atoms with Crippen molar-refractivity contribution >= 4 is 23.5 Å². The predicted octanol–water partition coefficient (Wildman–Crippen LogP) is 2.08. The van der Waals surface area contributed by atoms with Gasteiger partial charge in [0.2, 0.25) is 11.8 Å². The van der Waals surface area contributed by atoms with Crippen LogP contribution in [0, 0.1) is 19.8 Å². The maximum atomic E-state index is 12.6. The highest BCUT2D eigenvalue weighted by atomic mass is 16.4. The van der Waals surface area contributed by atoms with Crippen molar-refractivity contribution in [1.82, 2.24) is 20.0 Å². The molecule has 0 aliphatic carbocycles. The van der Waals surface area contributed by atoms with Crippen LogP contribution < -0.4 is 10.2 Å². The van der Waals surface area contributed by atoms with Gasteiger partial charge in [-0.3, -0.25) is 19.6 Å². The van der Waals surface area contributed by atoms with E-state index in [1.807, 2.05) is 32.0 Å². The average molecular weight is 380 g/mol. The lowest BCUT2D eigenvalue weighted by Crippen LogP contribution is -2.28. The number of aromatic nitrogens is 4. The van der Waals surface area contributed by atoms with Crippen molar-refractivity contribution in [2.75, 3.05) is 16.8 Å². The Morgan fingerprint density at radius 3 is 2.75 bits per heavy atom. The molecular formula is C19H20N6O3. The number of rotatable bonds is 4. The first-order chi connectivity index (χ1) is 13.4. The van der Waals surface area contributed by atoms with Gasteiger partial charge in [-0.05, 0) is 43.2 Å². The van der Waals surface area contributed by atoms with E-state index in [2.05, 4.69) is 20.6 Å². The summed E-state index contributed by atoms with van der Waals surface area (Å²) in [4.78, 5) is 26.6. The first-order valence-electron chi connectivity index (χ1n) is 8.92. The van der Waals surface area contributed by atoms with Gasteiger partial charge < -0.3 is 9.32 Å². The third-order valence-corrected chi connectivity index (χ3v) is 4.89. The van der Waals surface area contributed by atoms with Crippen molar-refractivity contribution in [2.45, 2.75) is 20.3 Å². The van der Waals surface area contributed by atoms with Crippen molar-refractivity contribution in [3.05, 3.63) is 41.6 Å². The van der Waals surface area contributed by atoms with Gasteiger partial charge in [0.15, 0.2) is 0 Å². The summed E-state index contributed by atoms with van der Waals surface area (Å²) in [5, 5.41) is 14.5. The highest BCUT2D eigenvalue weighted by Gasteiger charge is 2.35. The Labute approximate surface area is 161 Å². The molecule has 1 saturated heterocycles. The van der Waals surface area contributed by atoms with Gasteiger partial charge in [-0.15, -0.1) is 5.10 Å². The second kappa shape index (κ2) is 6.91. The molecular weight excluding hydrogens is 360 g/mol. The molecule has 0 saturated carbocycles. The highest BCUT2D eigenvalue weighted by molar-refractivity contribution is 6.03. The number of nitrogens with zero attached hydrogens (tertiary/aromatic N) is 5. The third kappa shape index (κ3) is 3.38. The van der Waals surface area contributed by atoms with Gasteiger partial charge in [-0.1, -0.05) is 11.2 Å². The summed E-state index contributed by atoms with van der Waals surface area (Å²) in [6.45, 7) is 4.33. The molecule has 3 aromatic rings. The molecule has 9 nitrogen and oxygen atoms in total. The van der Waals surface area contributed by atoms with Crippen LogP contribution >= 0.6 is 0 Å². The standard InChI is InChI=1S/C19H20N6O3/c1-11-4-5-14(8-12(11)2)25-10-13(9-16(25)26)17(27)20-19-22-21-18(28-19)15-6-7-24(3)23-15/h4-8,13H,9-10H2,1-3H3,(H,20,22,27). The molecule has 1 aliphatic heterocycles. The fraction of sp³-hybridized carbons (Fsp3) is 0.316. The quantitative estimate of drug-likeness (QED) is 0.743. The predicted molar refractivity (Wildman–Crippen MR) is 102 cm³/mol. The molecule has 1 N–H and O–H groups in total. The molecule has 2 amide bonds. The van der Waals surface area contributed by atoms with E-state index in [1.54, 1.807) is 28.9 Å². The number of carbonyl (C=O) groups excluding carboxylic acids is 2. The van der Waals surface area contributed by atoms with Crippen molar-refractivity contribution in [3.63, 3.8) is 0 Å². The summed E-state index contributed by atoms with van der Waals surface area (Å²) in [5.41, 5.74) is 3.59. The summed E-state index contributed by atoms with van der Waals surface area (Å²) in [5.74, 6) is -0.673. The normalized spacial score (nSPS) is 16.6. The van der Waals surface area contributed by atoms with E-state index in [-0.39, 0.29) is 30.1 Å². The molecule has 4 rings (SSSR count). The van der Waals surface area contributed by atoms with Gasteiger partial charge in [0.25, 0.3) is 5.89 Å². The second-order valence-corrected chi connectivity index (χ2v) is 6.95. The van der Waals surface area contributed by atoms with Crippen LogP contribution in [0.1, 0.15) is 17.5 Å². The fourth-order valence-electron chi connectivity index (χ4n) is 3.14. The van der Waals surface area contributed by atoms with Crippen molar-refractivity contribution in [3.8, 4) is 11.6 Å². The minimum Gasteiger partial charge on any atom is -0.401 e. The molecule has 1 fully saturated rings. The minimum atomic E-state index is -0.487. The topological polar surface area (TPSA) is 106 Å². The van der Waals surface area contributed by atoms with Crippen LogP contribution in [0.3, 0.4) is 0 Å². The molecule has 28 heavy (non-hydrogen) atoms. The number of anilines is 2. The Kier molecular flexibility index (Phi) is 4.42. The summed E-state index contributed by atoms with van der Waals surface area (Å²) < 4.78 is 7.07. The van der Waals surface area contributed by atoms with E-state index >= 15 is 0 Å². The number of hydrogen-bond donors (Lipinski definition) is 1. The first-order valence-corrected chi connectivity index (χ1v) is 8.92. The number of hydrogen-bond acceptors (Lipinski definition) is 6. The van der Waals surface area contributed by atoms with Gasteiger partial charge in [0.05, 0.1) is 5.92 Å². The maximum Gasteiger partial charge on any atom is 0.322 e. The number of benzene rings is 1. The Bertz CT molecular complexity index is 1050. The van der Waals surface area contributed by atoms with Crippen LogP contribution in [-0.2, 0) is 16.6 Å². The van der Waals surface area contributed by atoms with Gasteiger partial charge in [-0.2, -0.15) is 5.10 Å². The van der Waals surface area contributed by atoms with Gasteiger partial charge in [-0.25, -0.2) is 0 Å². The van der Waals surface area contributed by atoms with Crippen LogP contribution in [0.15, 0.2) is 34.9 Å². The summed E-state index contributed by atoms with van der Waals surface area (Å²) in [6.07, 6.45) is 1.89. The number of nitrogens with one attached hydrogen (secondary N) is 1. The van der Waals surface area contributed by atoms with E-state index in [0.717, 1.165) is 16.8 Å². The lowest BCUT2D eigenvalue weighted by molar-refractivity contribution is -0.122. The Hall–Kier alpha value is -3.49. The molecule has 1 aliphatic rings. The average Bonchev–Trinajstić information content (AvgIpc) is 3.37. The van der Waals surface area contributed by atoms with Gasteiger partial charge in [0.1, 0.15) is 5.69 Å². The summed E-state index contributed by atoms with van der Waals surface area (Å²) in [7, 11) is 1.78. The van der Waals surface area contributed by atoms with Crippen LogP contribution in [-0.4, -0.2) is 38.3 Å². The number of carbonyl (C=O) groups is 2.